The lowest BCUT2D eigenvalue weighted by Crippen LogP contribution is -2.21. The first kappa shape index (κ1) is 3.51. The van der Waals surface area contributed by atoms with Gasteiger partial charge in [-0.1, -0.05) is 0 Å². The fourth-order valence-electron chi connectivity index (χ4n) is 1.31. The highest BCUT2D eigenvalue weighted by Crippen LogP contribution is 2.37. The van der Waals surface area contributed by atoms with Crippen LogP contribution in [0.5, 0.6) is 0 Å². The Morgan fingerprint density at radius 1 is 1.14 bits per heavy atom. The van der Waals surface area contributed by atoms with Crippen molar-refractivity contribution in [3.63, 3.8) is 0 Å². The van der Waals surface area contributed by atoms with Crippen molar-refractivity contribution < 1.29 is 0 Å². The molecule has 36 valence electrons. The van der Waals surface area contributed by atoms with Crippen molar-refractivity contribution in [2.24, 2.45) is 11.8 Å². The Morgan fingerprint density at radius 3 is 1.86 bits per heavy atom. The molecule has 0 heterocycles. The number of hydrogen-bond donors (Lipinski definition) is 0. The first-order valence-corrected chi connectivity index (χ1v) is 2.88. The van der Waals surface area contributed by atoms with Gasteiger partial charge in [-0.3, -0.25) is 0 Å². The van der Waals surface area contributed by atoms with E-state index in [1.165, 1.54) is 12.8 Å². The highest BCUT2D eigenvalue weighted by Gasteiger charge is 2.26. The zero-order valence-corrected chi connectivity index (χ0v) is 4.22. The summed E-state index contributed by atoms with van der Waals surface area (Å²) in [5.41, 5.74) is 3.13. The van der Waals surface area contributed by atoms with E-state index in [0.717, 1.165) is 11.8 Å². The summed E-state index contributed by atoms with van der Waals surface area (Å²) in [4.78, 5) is 0. The van der Waals surface area contributed by atoms with Crippen molar-refractivity contribution >= 4 is 0 Å². The standard InChI is InChI=1S/C7H8/c1-2-6-4-7(3-1)5-6/h2-3,6-7H,4-5H2. The van der Waals surface area contributed by atoms with Crippen LogP contribution in [0.1, 0.15) is 12.8 Å². The maximum Gasteiger partial charge on any atom is -0.0146 e. The maximum absolute atomic E-state index is 3.13. The minimum Gasteiger partial charge on any atom is -0.129 e. The van der Waals surface area contributed by atoms with Crippen LogP contribution in [0.25, 0.3) is 0 Å². The van der Waals surface area contributed by atoms with Gasteiger partial charge in [-0.25, -0.2) is 0 Å². The fourth-order valence-corrected chi connectivity index (χ4v) is 1.31. The smallest absolute Gasteiger partial charge is 0.0146 e. The van der Waals surface area contributed by atoms with E-state index in [4.69, 9.17) is 0 Å². The lowest BCUT2D eigenvalue weighted by molar-refractivity contribution is 0.287. The molecule has 1 fully saturated rings. The van der Waals surface area contributed by atoms with E-state index >= 15 is 0 Å². The first-order chi connectivity index (χ1) is 3.45. The second-order valence-electron chi connectivity index (χ2n) is 2.49. The average Bonchev–Trinajstić information content (AvgIpc) is 1.67. The molecule has 0 spiro atoms. The van der Waals surface area contributed by atoms with Crippen LogP contribution in [-0.2, 0) is 0 Å². The van der Waals surface area contributed by atoms with Crippen LogP contribution in [0.3, 0.4) is 0 Å². The summed E-state index contributed by atoms with van der Waals surface area (Å²) in [7, 11) is 0. The molecule has 0 N–H and O–H groups in total. The topological polar surface area (TPSA) is 0 Å². The molecule has 0 aromatic heterocycles. The van der Waals surface area contributed by atoms with Gasteiger partial charge in [0.1, 0.15) is 0 Å². The second kappa shape index (κ2) is 1.02. The Labute approximate surface area is 43.5 Å². The summed E-state index contributed by atoms with van der Waals surface area (Å²) < 4.78 is 0. The third-order valence-corrected chi connectivity index (χ3v) is 1.87. The predicted octanol–water partition coefficient (Wildman–Crippen LogP) is 1.74. The van der Waals surface area contributed by atoms with Crippen LogP contribution in [0.4, 0.5) is 0 Å². The molecule has 0 saturated heterocycles. The lowest BCUT2D eigenvalue weighted by Gasteiger charge is -2.32. The lowest BCUT2D eigenvalue weighted by atomic mass is 9.72. The van der Waals surface area contributed by atoms with Crippen molar-refractivity contribution in [2.75, 3.05) is 0 Å². The van der Waals surface area contributed by atoms with Gasteiger partial charge in [-0.05, 0) is 36.8 Å². The molecule has 0 atom stereocenters. The van der Waals surface area contributed by atoms with Gasteiger partial charge in [0.05, 0.1) is 0 Å². The van der Waals surface area contributed by atoms with Gasteiger partial charge >= 0.3 is 0 Å². The number of rotatable bonds is 0. The summed E-state index contributed by atoms with van der Waals surface area (Å²) in [5.74, 6) is 1.82. The van der Waals surface area contributed by atoms with Gasteiger partial charge in [0, 0.05) is 0 Å². The molecular weight excluding hydrogens is 84.1 g/mol. The van der Waals surface area contributed by atoms with E-state index < -0.39 is 0 Å². The molecule has 0 amide bonds. The molecule has 0 aromatic carbocycles. The Morgan fingerprint density at radius 2 is 1.71 bits per heavy atom. The molecule has 0 nitrogen and oxygen atoms in total. The van der Waals surface area contributed by atoms with Gasteiger partial charge in [-0.2, -0.15) is 0 Å². The van der Waals surface area contributed by atoms with E-state index in [0.29, 0.717) is 0 Å². The van der Waals surface area contributed by atoms with E-state index in [9.17, 15) is 0 Å². The number of hydrogen-bond acceptors (Lipinski definition) is 0. The van der Waals surface area contributed by atoms with Crippen LogP contribution in [0.2, 0.25) is 0 Å². The highest BCUT2D eigenvalue weighted by atomic mass is 14.3. The third kappa shape index (κ3) is 0.374. The Hall–Kier alpha value is -0.480. The average molecular weight is 92.1 g/mol. The zero-order chi connectivity index (χ0) is 4.69. The van der Waals surface area contributed by atoms with Gasteiger partial charge < -0.3 is 0 Å². The SMILES string of the molecule is C1=CC2CC(C=1)C2. The molecule has 3 aliphatic rings. The van der Waals surface area contributed by atoms with Gasteiger partial charge in [0.15, 0.2) is 0 Å². The molecule has 3 rings (SSSR count). The Balaban J connectivity index is 2.37. The predicted molar refractivity (Wildman–Crippen MR) is 28.9 cm³/mol. The highest BCUT2D eigenvalue weighted by molar-refractivity contribution is 5.08. The molecule has 0 unspecified atom stereocenters. The molecular formula is C7H8. The van der Waals surface area contributed by atoms with Gasteiger partial charge in [0.25, 0.3) is 0 Å². The van der Waals surface area contributed by atoms with Crippen molar-refractivity contribution in [3.05, 3.63) is 17.9 Å². The quantitative estimate of drug-likeness (QED) is 0.399. The Kier molecular flexibility index (Phi) is 0.511. The molecule has 1 saturated carbocycles. The van der Waals surface area contributed by atoms with Crippen molar-refractivity contribution in [2.45, 2.75) is 12.8 Å². The maximum atomic E-state index is 3.13. The van der Waals surface area contributed by atoms with Crippen LogP contribution in [0, 0.1) is 11.8 Å². The van der Waals surface area contributed by atoms with E-state index in [1.54, 1.807) is 0 Å². The molecule has 0 radical (unpaired) electrons. The van der Waals surface area contributed by atoms with Crippen LogP contribution < -0.4 is 0 Å². The molecule has 0 aromatic rings. The largest absolute Gasteiger partial charge is 0.129 e. The van der Waals surface area contributed by atoms with E-state index in [1.807, 2.05) is 0 Å². The van der Waals surface area contributed by atoms with E-state index in [2.05, 4.69) is 17.9 Å². The van der Waals surface area contributed by atoms with Gasteiger partial charge in [0.2, 0.25) is 0 Å². The van der Waals surface area contributed by atoms with Crippen LogP contribution in [-0.4, -0.2) is 0 Å². The summed E-state index contributed by atoms with van der Waals surface area (Å²) in [6.45, 7) is 0. The molecule has 0 aliphatic heterocycles. The van der Waals surface area contributed by atoms with Crippen molar-refractivity contribution in [1.29, 1.82) is 0 Å². The molecule has 3 aliphatic carbocycles. The fraction of sp³-hybridized carbons (Fsp3) is 0.571. The summed E-state index contributed by atoms with van der Waals surface area (Å²) in [6, 6.07) is 0. The van der Waals surface area contributed by atoms with Crippen molar-refractivity contribution in [1.82, 2.24) is 0 Å². The van der Waals surface area contributed by atoms with E-state index in [-0.39, 0.29) is 0 Å². The zero-order valence-electron chi connectivity index (χ0n) is 4.22. The minimum absolute atomic E-state index is 0.912. The minimum atomic E-state index is 0.912. The second-order valence-corrected chi connectivity index (χ2v) is 2.49. The summed E-state index contributed by atoms with van der Waals surface area (Å²) in [6.07, 6.45) is 7.21. The molecule has 2 bridgehead atoms. The first-order valence-electron chi connectivity index (χ1n) is 2.88. The molecule has 7 heavy (non-hydrogen) atoms. The monoisotopic (exact) mass is 92.1 g/mol. The van der Waals surface area contributed by atoms with Crippen LogP contribution >= 0.6 is 0 Å². The third-order valence-electron chi connectivity index (χ3n) is 1.87. The van der Waals surface area contributed by atoms with Crippen molar-refractivity contribution in [3.8, 4) is 0 Å². The normalized spacial score (nSPS) is 43.4. The Bertz CT molecular complexity index is 120. The summed E-state index contributed by atoms with van der Waals surface area (Å²) in [5, 5.41) is 0. The van der Waals surface area contributed by atoms with Gasteiger partial charge in [-0.15, -0.1) is 5.73 Å². The van der Waals surface area contributed by atoms with Crippen LogP contribution in [0.15, 0.2) is 17.9 Å². The number of allylic oxidation sites excluding steroid dienone is 1. The molecule has 0 heteroatoms. The summed E-state index contributed by atoms with van der Waals surface area (Å²) >= 11 is 0.